The largest absolute Gasteiger partial charge is 0.504 e. The van der Waals surface area contributed by atoms with Gasteiger partial charge in [0.05, 0.1) is 11.7 Å². The Morgan fingerprint density at radius 3 is 2.43 bits per heavy atom. The van der Waals surface area contributed by atoms with Gasteiger partial charge in [-0.05, 0) is 36.5 Å². The van der Waals surface area contributed by atoms with Gasteiger partial charge in [-0.25, -0.2) is 14.4 Å². The van der Waals surface area contributed by atoms with Crippen LogP contribution in [0.1, 0.15) is 54.8 Å². The Kier molecular flexibility index (Phi) is 6.27. The number of hydrogen-bond acceptors (Lipinski definition) is 8. The number of aromatic hydroxyl groups is 1. The summed E-state index contributed by atoms with van der Waals surface area (Å²) in [6, 6.07) is 2.34. The molecule has 0 spiro atoms. The number of hydrogen-bond donors (Lipinski definition) is 3. The van der Waals surface area contributed by atoms with Crippen molar-refractivity contribution in [3.05, 3.63) is 68.0 Å². The zero-order valence-electron chi connectivity index (χ0n) is 19.5. The highest BCUT2D eigenvalue weighted by Crippen LogP contribution is 2.49. The van der Waals surface area contributed by atoms with Crippen molar-refractivity contribution in [3.63, 3.8) is 0 Å². The standard InChI is InChI=1S/C24H25F2N5O4/c1-24(9-4-5-10-24)22(15-12(25)6-7-14(26)29-15)30-17-16(20(33)21(17)34)28-13-8-11-27-18(19(13)32)23(35)31(2)3/h6-8,11,22,30,32H,4-5,9-10H2,1-3H3,(H,27,28)/t22-/m0/s1. The van der Waals surface area contributed by atoms with Crippen LogP contribution in [0.3, 0.4) is 0 Å². The summed E-state index contributed by atoms with van der Waals surface area (Å²) in [5.41, 5.74) is -2.98. The van der Waals surface area contributed by atoms with E-state index in [1.807, 2.05) is 6.92 Å². The highest BCUT2D eigenvalue weighted by Gasteiger charge is 2.42. The molecule has 1 amide bonds. The Labute approximate surface area is 199 Å². The van der Waals surface area contributed by atoms with E-state index >= 15 is 0 Å². The predicted molar refractivity (Wildman–Crippen MR) is 126 cm³/mol. The van der Waals surface area contributed by atoms with Crippen molar-refractivity contribution in [2.75, 3.05) is 24.7 Å². The highest BCUT2D eigenvalue weighted by molar-refractivity contribution is 5.97. The molecule has 0 saturated heterocycles. The van der Waals surface area contributed by atoms with E-state index in [2.05, 4.69) is 20.6 Å². The van der Waals surface area contributed by atoms with E-state index < -0.39 is 45.7 Å². The summed E-state index contributed by atoms with van der Waals surface area (Å²) in [4.78, 5) is 46.1. The molecule has 35 heavy (non-hydrogen) atoms. The molecule has 1 saturated carbocycles. The summed E-state index contributed by atoms with van der Waals surface area (Å²) in [5.74, 6) is -2.65. The molecular formula is C24H25F2N5O4. The fourth-order valence-corrected chi connectivity index (χ4v) is 4.53. The lowest BCUT2D eigenvalue weighted by Crippen LogP contribution is -2.40. The maximum Gasteiger partial charge on any atom is 0.275 e. The summed E-state index contributed by atoms with van der Waals surface area (Å²) in [6.45, 7) is 1.90. The van der Waals surface area contributed by atoms with Crippen molar-refractivity contribution in [2.45, 2.75) is 38.6 Å². The molecule has 2 aromatic heterocycles. The number of carbonyl (C=O) groups excluding carboxylic acids is 1. The number of halogens is 2. The minimum Gasteiger partial charge on any atom is -0.504 e. The lowest BCUT2D eigenvalue weighted by molar-refractivity contribution is 0.0819. The van der Waals surface area contributed by atoms with Crippen LogP contribution in [0.25, 0.3) is 0 Å². The molecule has 11 heteroatoms. The molecule has 0 unspecified atom stereocenters. The number of amides is 1. The number of nitrogens with zero attached hydrogens (tertiary/aromatic N) is 3. The van der Waals surface area contributed by atoms with Gasteiger partial charge in [0, 0.05) is 20.3 Å². The van der Waals surface area contributed by atoms with Gasteiger partial charge in [-0.15, -0.1) is 0 Å². The normalized spacial score (nSPS) is 15.7. The minimum absolute atomic E-state index is 0.0148. The van der Waals surface area contributed by atoms with Crippen molar-refractivity contribution in [1.82, 2.24) is 14.9 Å². The number of aromatic nitrogens is 2. The van der Waals surface area contributed by atoms with Gasteiger partial charge in [-0.3, -0.25) is 14.4 Å². The molecule has 1 aliphatic carbocycles. The van der Waals surface area contributed by atoms with Crippen LogP contribution in [-0.2, 0) is 0 Å². The van der Waals surface area contributed by atoms with E-state index in [1.165, 1.54) is 31.3 Å². The van der Waals surface area contributed by atoms with Crippen LogP contribution in [0, 0.1) is 17.2 Å². The summed E-state index contributed by atoms with van der Waals surface area (Å²) < 4.78 is 28.7. The number of pyridine rings is 2. The van der Waals surface area contributed by atoms with Gasteiger partial charge in [-0.2, -0.15) is 4.39 Å². The second kappa shape index (κ2) is 9.05. The van der Waals surface area contributed by atoms with Gasteiger partial charge in [0.15, 0.2) is 11.4 Å². The third-order valence-electron chi connectivity index (χ3n) is 6.55. The molecule has 0 bridgehead atoms. The molecule has 0 aliphatic heterocycles. The maximum atomic E-state index is 14.7. The Morgan fingerprint density at radius 2 is 1.77 bits per heavy atom. The number of nitrogens with one attached hydrogen (secondary N) is 2. The molecule has 1 aliphatic rings. The van der Waals surface area contributed by atoms with Crippen molar-refractivity contribution in [2.24, 2.45) is 5.41 Å². The van der Waals surface area contributed by atoms with E-state index in [9.17, 15) is 28.3 Å². The molecule has 9 nitrogen and oxygen atoms in total. The molecule has 1 fully saturated rings. The molecule has 0 radical (unpaired) electrons. The lowest BCUT2D eigenvalue weighted by Gasteiger charge is -2.35. The fraction of sp³-hybridized carbons (Fsp3) is 0.375. The first kappa shape index (κ1) is 24.2. The monoisotopic (exact) mass is 485 g/mol. The summed E-state index contributed by atoms with van der Waals surface area (Å²) in [6.07, 6.45) is 4.38. The molecule has 4 rings (SSSR count). The van der Waals surface area contributed by atoms with E-state index in [1.54, 1.807) is 0 Å². The van der Waals surface area contributed by atoms with E-state index in [0.717, 1.165) is 25.0 Å². The SMILES string of the molecule is CN(C)C(=O)c1nccc(Nc2c(N[C@@H](c3nc(F)ccc3F)C3(C)CCCC3)c(=O)c2=O)c1O. The fourth-order valence-electron chi connectivity index (χ4n) is 4.53. The Balaban J connectivity index is 1.72. The zero-order chi connectivity index (χ0) is 25.5. The van der Waals surface area contributed by atoms with E-state index in [-0.39, 0.29) is 28.5 Å². The minimum atomic E-state index is -0.888. The average Bonchev–Trinajstić information content (AvgIpc) is 3.27. The Hall–Kier alpha value is -3.89. The van der Waals surface area contributed by atoms with Gasteiger partial charge >= 0.3 is 0 Å². The van der Waals surface area contributed by atoms with Gasteiger partial charge in [0.1, 0.15) is 22.9 Å². The second-order valence-electron chi connectivity index (χ2n) is 9.23. The highest BCUT2D eigenvalue weighted by atomic mass is 19.1. The molecule has 3 N–H and O–H groups in total. The predicted octanol–water partition coefficient (Wildman–Crippen LogP) is 3.24. The van der Waals surface area contributed by atoms with Gasteiger partial charge in [0.2, 0.25) is 5.95 Å². The number of rotatable bonds is 7. The smallest absolute Gasteiger partial charge is 0.275 e. The molecule has 1 aromatic carbocycles. The van der Waals surface area contributed by atoms with Crippen LogP contribution in [-0.4, -0.2) is 40.0 Å². The number of carbonyl (C=O) groups is 1. The van der Waals surface area contributed by atoms with Crippen molar-refractivity contribution >= 4 is 23.0 Å². The van der Waals surface area contributed by atoms with Crippen molar-refractivity contribution in [1.29, 1.82) is 0 Å². The summed E-state index contributed by atoms with van der Waals surface area (Å²) >= 11 is 0. The summed E-state index contributed by atoms with van der Waals surface area (Å²) in [5, 5.41) is 16.2. The molecule has 3 aromatic rings. The third-order valence-corrected chi connectivity index (χ3v) is 6.55. The van der Waals surface area contributed by atoms with Crippen LogP contribution in [0.5, 0.6) is 5.75 Å². The maximum absolute atomic E-state index is 14.7. The second-order valence-corrected chi connectivity index (χ2v) is 9.23. The van der Waals surface area contributed by atoms with Crippen LogP contribution in [0.15, 0.2) is 34.0 Å². The average molecular weight is 485 g/mol. The van der Waals surface area contributed by atoms with Crippen molar-refractivity contribution < 1.29 is 18.7 Å². The van der Waals surface area contributed by atoms with Crippen molar-refractivity contribution in [3.8, 4) is 5.75 Å². The van der Waals surface area contributed by atoms with E-state index in [4.69, 9.17) is 0 Å². The zero-order valence-corrected chi connectivity index (χ0v) is 19.5. The summed E-state index contributed by atoms with van der Waals surface area (Å²) in [7, 11) is 2.98. The molecular weight excluding hydrogens is 460 g/mol. The lowest BCUT2D eigenvalue weighted by atomic mass is 9.78. The molecule has 2 heterocycles. The van der Waals surface area contributed by atoms with Crippen LogP contribution in [0.2, 0.25) is 0 Å². The van der Waals surface area contributed by atoms with Crippen LogP contribution < -0.4 is 21.5 Å². The first-order valence-corrected chi connectivity index (χ1v) is 11.1. The van der Waals surface area contributed by atoms with E-state index in [0.29, 0.717) is 12.8 Å². The van der Waals surface area contributed by atoms with Crippen LogP contribution in [0.4, 0.5) is 25.8 Å². The first-order chi connectivity index (χ1) is 16.5. The molecule has 184 valence electrons. The topological polar surface area (TPSA) is 125 Å². The van der Waals surface area contributed by atoms with Gasteiger partial charge in [-0.1, -0.05) is 19.8 Å². The number of anilines is 3. The first-order valence-electron chi connectivity index (χ1n) is 11.1. The quantitative estimate of drug-likeness (QED) is 0.344. The molecule has 1 atom stereocenters. The van der Waals surface area contributed by atoms with Crippen LogP contribution >= 0.6 is 0 Å². The van der Waals surface area contributed by atoms with Gasteiger partial charge in [0.25, 0.3) is 16.8 Å². The third kappa shape index (κ3) is 4.33. The Bertz CT molecular complexity index is 1360. The Morgan fingerprint density at radius 1 is 1.11 bits per heavy atom. The van der Waals surface area contributed by atoms with Gasteiger partial charge < -0.3 is 20.6 Å².